The Morgan fingerprint density at radius 3 is 2.33 bits per heavy atom. The van der Waals surface area contributed by atoms with Crippen molar-refractivity contribution in [2.75, 3.05) is 25.2 Å². The number of ether oxygens (including phenoxy) is 1. The molecule has 8 nitrogen and oxygen atoms in total. The summed E-state index contributed by atoms with van der Waals surface area (Å²) in [5.74, 6) is -0.134. The van der Waals surface area contributed by atoms with Gasteiger partial charge in [0, 0.05) is 12.6 Å². The summed E-state index contributed by atoms with van der Waals surface area (Å²) in [5.41, 5.74) is 1.87. The Bertz CT molecular complexity index is 871. The molecule has 9 heteroatoms. The van der Waals surface area contributed by atoms with Crippen molar-refractivity contribution >= 4 is 29.7 Å². The zero-order valence-electron chi connectivity index (χ0n) is 23.1. The number of rotatable bonds is 13. The molecule has 0 saturated carbocycles. The third kappa shape index (κ3) is 10.4. The van der Waals surface area contributed by atoms with E-state index < -0.39 is 29.7 Å². The van der Waals surface area contributed by atoms with Gasteiger partial charge < -0.3 is 25.4 Å². The molecule has 1 aromatic rings. The highest BCUT2D eigenvalue weighted by Gasteiger charge is 2.36. The minimum Gasteiger partial charge on any atom is -0.444 e. The number of carbonyl (C=O) groups excluding carboxylic acids is 3. The van der Waals surface area contributed by atoms with E-state index >= 15 is 0 Å². The summed E-state index contributed by atoms with van der Waals surface area (Å²) in [6, 6.07) is 3.79. The first-order valence-electron chi connectivity index (χ1n) is 12.6. The number of amides is 3. The van der Waals surface area contributed by atoms with E-state index in [0.717, 1.165) is 24.0 Å². The SMILES string of the molecule is CCCC(C)NC(=O)C(c1ccc(C)cc1C)N(CCO)C(=O)C(CCSC)NC(=O)OC(C)(C)C. The topological polar surface area (TPSA) is 108 Å². The summed E-state index contributed by atoms with van der Waals surface area (Å²) in [6.45, 7) is 12.7. The van der Waals surface area contributed by atoms with Crippen molar-refractivity contribution < 1.29 is 24.2 Å². The van der Waals surface area contributed by atoms with Crippen LogP contribution >= 0.6 is 11.8 Å². The standard InChI is InChI=1S/C27H45N3O5S/c1-9-10-20(4)28-24(32)23(21-12-11-18(2)17-19(21)3)30(14-15-31)25(33)22(13-16-36-8)29-26(34)35-27(5,6)7/h11-12,17,20,22-23,31H,9-10,13-16H2,1-8H3,(H,28,32)(H,29,34). The zero-order valence-corrected chi connectivity index (χ0v) is 24.0. The number of thioether (sulfide) groups is 1. The lowest BCUT2D eigenvalue weighted by Crippen LogP contribution is -2.54. The first-order chi connectivity index (χ1) is 16.8. The number of carbonyl (C=O) groups is 3. The Morgan fingerprint density at radius 1 is 1.14 bits per heavy atom. The number of alkyl carbamates (subject to hydrolysis) is 1. The van der Waals surface area contributed by atoms with Crippen LogP contribution in [0.1, 0.15) is 76.6 Å². The number of hydrogen-bond acceptors (Lipinski definition) is 6. The van der Waals surface area contributed by atoms with Gasteiger partial charge >= 0.3 is 6.09 Å². The van der Waals surface area contributed by atoms with Crippen molar-refractivity contribution in [3.63, 3.8) is 0 Å². The summed E-state index contributed by atoms with van der Waals surface area (Å²) in [7, 11) is 0. The molecule has 0 fully saturated rings. The Balaban J connectivity index is 3.46. The fourth-order valence-corrected chi connectivity index (χ4v) is 4.50. The maximum atomic E-state index is 13.9. The number of hydrogen-bond donors (Lipinski definition) is 3. The first kappa shape index (κ1) is 31.8. The number of nitrogens with one attached hydrogen (secondary N) is 2. The fourth-order valence-electron chi connectivity index (χ4n) is 4.03. The summed E-state index contributed by atoms with van der Waals surface area (Å²) in [5, 5.41) is 15.6. The van der Waals surface area contributed by atoms with Gasteiger partial charge in [-0.05, 0) is 77.5 Å². The van der Waals surface area contributed by atoms with E-state index in [2.05, 4.69) is 10.6 Å². The molecule has 0 heterocycles. The van der Waals surface area contributed by atoms with Crippen molar-refractivity contribution in [3.8, 4) is 0 Å². The van der Waals surface area contributed by atoms with Crippen LogP contribution in [0.3, 0.4) is 0 Å². The maximum absolute atomic E-state index is 13.9. The molecule has 0 spiro atoms. The number of nitrogens with zero attached hydrogens (tertiary/aromatic N) is 1. The molecule has 1 aromatic carbocycles. The van der Waals surface area contributed by atoms with Gasteiger partial charge in [0.05, 0.1) is 6.61 Å². The molecule has 3 N–H and O–H groups in total. The van der Waals surface area contributed by atoms with Gasteiger partial charge in [0.2, 0.25) is 11.8 Å². The van der Waals surface area contributed by atoms with Gasteiger partial charge in [0.15, 0.2) is 0 Å². The van der Waals surface area contributed by atoms with Gasteiger partial charge in [-0.1, -0.05) is 37.1 Å². The molecule has 0 aromatic heterocycles. The largest absolute Gasteiger partial charge is 0.444 e. The molecule has 3 amide bonds. The summed E-state index contributed by atoms with van der Waals surface area (Å²) in [4.78, 5) is 41.5. The lowest BCUT2D eigenvalue weighted by Gasteiger charge is -2.35. The van der Waals surface area contributed by atoms with Gasteiger partial charge in [-0.3, -0.25) is 9.59 Å². The molecule has 0 saturated heterocycles. The third-order valence-corrected chi connectivity index (χ3v) is 6.26. The number of benzene rings is 1. The van der Waals surface area contributed by atoms with Gasteiger partial charge in [-0.25, -0.2) is 4.79 Å². The van der Waals surface area contributed by atoms with Gasteiger partial charge in [-0.2, -0.15) is 11.8 Å². The highest BCUT2D eigenvalue weighted by atomic mass is 32.2. The molecular formula is C27H45N3O5S. The van der Waals surface area contributed by atoms with Crippen LogP contribution in [0.25, 0.3) is 0 Å². The second-order valence-electron chi connectivity index (χ2n) is 10.2. The maximum Gasteiger partial charge on any atom is 0.408 e. The van der Waals surface area contributed by atoms with Crippen LogP contribution in [0.4, 0.5) is 4.79 Å². The van der Waals surface area contributed by atoms with E-state index in [9.17, 15) is 19.5 Å². The van der Waals surface area contributed by atoms with E-state index in [0.29, 0.717) is 17.7 Å². The minimum atomic E-state index is -0.957. The van der Waals surface area contributed by atoms with Gasteiger partial charge in [0.25, 0.3) is 0 Å². The van der Waals surface area contributed by atoms with E-state index in [1.807, 2.05) is 52.1 Å². The molecule has 1 rings (SSSR count). The predicted molar refractivity (Wildman–Crippen MR) is 146 cm³/mol. The number of aliphatic hydroxyl groups is 1. The van der Waals surface area contributed by atoms with Crippen molar-refractivity contribution in [2.24, 2.45) is 0 Å². The third-order valence-electron chi connectivity index (χ3n) is 5.61. The van der Waals surface area contributed by atoms with E-state index in [-0.39, 0.29) is 25.1 Å². The molecule has 204 valence electrons. The summed E-state index contributed by atoms with van der Waals surface area (Å²) >= 11 is 1.55. The molecule has 0 bridgehead atoms. The summed E-state index contributed by atoms with van der Waals surface area (Å²) < 4.78 is 5.39. The first-order valence-corrected chi connectivity index (χ1v) is 14.0. The Morgan fingerprint density at radius 2 is 1.81 bits per heavy atom. The monoisotopic (exact) mass is 523 g/mol. The van der Waals surface area contributed by atoms with Crippen LogP contribution in [0, 0.1) is 13.8 Å². The van der Waals surface area contributed by atoms with Crippen molar-refractivity contribution in [3.05, 3.63) is 34.9 Å². The molecule has 0 radical (unpaired) electrons. The van der Waals surface area contributed by atoms with Crippen LogP contribution in [-0.4, -0.2) is 70.8 Å². The molecule has 36 heavy (non-hydrogen) atoms. The average Bonchev–Trinajstić information content (AvgIpc) is 2.76. The van der Waals surface area contributed by atoms with Gasteiger partial charge in [0.1, 0.15) is 17.7 Å². The zero-order chi connectivity index (χ0) is 27.5. The van der Waals surface area contributed by atoms with Crippen LogP contribution < -0.4 is 10.6 Å². The van der Waals surface area contributed by atoms with E-state index in [1.54, 1.807) is 32.5 Å². The quantitative estimate of drug-likeness (QED) is 0.359. The smallest absolute Gasteiger partial charge is 0.408 e. The molecule has 3 atom stereocenters. The van der Waals surface area contributed by atoms with E-state index in [1.165, 1.54) is 4.90 Å². The second-order valence-corrected chi connectivity index (χ2v) is 11.2. The Labute approximate surface area is 220 Å². The van der Waals surface area contributed by atoms with Crippen molar-refractivity contribution in [1.82, 2.24) is 15.5 Å². The molecule has 0 aliphatic rings. The predicted octanol–water partition coefficient (Wildman–Crippen LogP) is 4.12. The normalized spacial score (nSPS) is 13.9. The molecular weight excluding hydrogens is 478 g/mol. The lowest BCUT2D eigenvalue weighted by atomic mass is 9.96. The highest BCUT2D eigenvalue weighted by Crippen LogP contribution is 2.27. The summed E-state index contributed by atoms with van der Waals surface area (Å²) in [6.07, 6.45) is 3.28. The molecule has 0 aliphatic carbocycles. The van der Waals surface area contributed by atoms with Crippen LogP contribution in [0.2, 0.25) is 0 Å². The number of aliphatic hydroxyl groups excluding tert-OH is 1. The second kappa shape index (κ2) is 15.1. The van der Waals surface area contributed by atoms with Crippen LogP contribution in [0.15, 0.2) is 18.2 Å². The lowest BCUT2D eigenvalue weighted by molar-refractivity contribution is -0.143. The molecule has 0 aliphatic heterocycles. The van der Waals surface area contributed by atoms with Crippen molar-refractivity contribution in [1.29, 1.82) is 0 Å². The van der Waals surface area contributed by atoms with Crippen LogP contribution in [0.5, 0.6) is 0 Å². The number of aryl methyl sites for hydroxylation is 2. The molecule has 3 unspecified atom stereocenters. The minimum absolute atomic E-state index is 0.0574. The Kier molecular flexibility index (Phi) is 13.3. The van der Waals surface area contributed by atoms with Gasteiger partial charge in [-0.15, -0.1) is 0 Å². The Hall–Kier alpha value is -2.26. The van der Waals surface area contributed by atoms with Crippen LogP contribution in [-0.2, 0) is 14.3 Å². The van der Waals surface area contributed by atoms with Crippen molar-refractivity contribution in [2.45, 2.75) is 91.5 Å². The van der Waals surface area contributed by atoms with E-state index in [4.69, 9.17) is 4.74 Å². The average molecular weight is 524 g/mol. The highest BCUT2D eigenvalue weighted by molar-refractivity contribution is 7.98. The fraction of sp³-hybridized carbons (Fsp3) is 0.667.